The molecular formula is C10H20N2O2. The van der Waals surface area contributed by atoms with E-state index in [0.29, 0.717) is 19.5 Å². The third kappa shape index (κ3) is 4.84. The Hall–Kier alpha value is -1.06. The second-order valence-corrected chi connectivity index (χ2v) is 3.11. The Labute approximate surface area is 85.7 Å². The first-order valence-electron chi connectivity index (χ1n) is 5.20. The van der Waals surface area contributed by atoms with E-state index in [1.165, 1.54) is 0 Å². The second kappa shape index (κ2) is 7.35. The minimum atomic E-state index is -0.0844. The second-order valence-electron chi connectivity index (χ2n) is 3.11. The SMILES string of the molecule is CCCC(=O)N(CC)CC(=O)NCC. The van der Waals surface area contributed by atoms with Crippen LogP contribution in [0.25, 0.3) is 0 Å². The lowest BCUT2D eigenvalue weighted by Crippen LogP contribution is -2.40. The molecule has 4 heteroatoms. The summed E-state index contributed by atoms with van der Waals surface area (Å²) in [7, 11) is 0. The van der Waals surface area contributed by atoms with E-state index >= 15 is 0 Å². The molecule has 1 N–H and O–H groups in total. The molecular weight excluding hydrogens is 180 g/mol. The molecule has 0 unspecified atom stereocenters. The fourth-order valence-electron chi connectivity index (χ4n) is 1.17. The zero-order valence-corrected chi connectivity index (χ0v) is 9.30. The van der Waals surface area contributed by atoms with E-state index in [4.69, 9.17) is 0 Å². The predicted octanol–water partition coefficient (Wildman–Crippen LogP) is 0.771. The Bertz CT molecular complexity index is 193. The Kier molecular flexibility index (Phi) is 6.80. The molecule has 4 nitrogen and oxygen atoms in total. The molecule has 2 amide bonds. The van der Waals surface area contributed by atoms with Crippen LogP contribution in [0.1, 0.15) is 33.6 Å². The zero-order valence-electron chi connectivity index (χ0n) is 9.30. The number of carbonyl (C=O) groups is 2. The molecule has 82 valence electrons. The Balaban J connectivity index is 4.01. The zero-order chi connectivity index (χ0) is 11.0. The molecule has 0 spiro atoms. The molecule has 0 aliphatic carbocycles. The molecule has 0 saturated carbocycles. The summed E-state index contributed by atoms with van der Waals surface area (Å²) in [4.78, 5) is 24.3. The van der Waals surface area contributed by atoms with Gasteiger partial charge >= 0.3 is 0 Å². The van der Waals surface area contributed by atoms with Crippen molar-refractivity contribution in [3.63, 3.8) is 0 Å². The van der Waals surface area contributed by atoms with Crippen LogP contribution in [-0.2, 0) is 9.59 Å². The standard InChI is InChI=1S/C10H20N2O2/c1-4-7-10(14)12(6-3)8-9(13)11-5-2/h4-8H2,1-3H3,(H,11,13). The minimum Gasteiger partial charge on any atom is -0.355 e. The summed E-state index contributed by atoms with van der Waals surface area (Å²) >= 11 is 0. The summed E-state index contributed by atoms with van der Waals surface area (Å²) in [5.74, 6) is -0.0277. The van der Waals surface area contributed by atoms with E-state index in [-0.39, 0.29) is 18.4 Å². The van der Waals surface area contributed by atoms with Crippen LogP contribution in [-0.4, -0.2) is 36.3 Å². The lowest BCUT2D eigenvalue weighted by atomic mass is 10.3. The van der Waals surface area contributed by atoms with Gasteiger partial charge < -0.3 is 10.2 Å². The molecule has 14 heavy (non-hydrogen) atoms. The van der Waals surface area contributed by atoms with Crippen LogP contribution in [0.2, 0.25) is 0 Å². The summed E-state index contributed by atoms with van der Waals surface area (Å²) in [6.45, 7) is 7.09. The van der Waals surface area contributed by atoms with Gasteiger partial charge in [-0.3, -0.25) is 9.59 Å². The molecule has 0 heterocycles. The van der Waals surface area contributed by atoms with Crippen molar-refractivity contribution >= 4 is 11.8 Å². The van der Waals surface area contributed by atoms with Gasteiger partial charge in [-0.05, 0) is 20.3 Å². The van der Waals surface area contributed by atoms with Gasteiger partial charge in [0.05, 0.1) is 6.54 Å². The van der Waals surface area contributed by atoms with Gasteiger partial charge in [0.15, 0.2) is 0 Å². The van der Waals surface area contributed by atoms with Gasteiger partial charge in [-0.1, -0.05) is 6.92 Å². The maximum Gasteiger partial charge on any atom is 0.239 e. The number of likely N-dealkylation sites (N-methyl/N-ethyl adjacent to an activating group) is 2. The summed E-state index contributed by atoms with van der Waals surface area (Å²) < 4.78 is 0. The average molecular weight is 200 g/mol. The van der Waals surface area contributed by atoms with Crippen molar-refractivity contribution in [3.8, 4) is 0 Å². The first kappa shape index (κ1) is 12.9. The van der Waals surface area contributed by atoms with Crippen LogP contribution in [0.3, 0.4) is 0 Å². The maximum atomic E-state index is 11.5. The van der Waals surface area contributed by atoms with Crippen LogP contribution in [0, 0.1) is 0 Å². The highest BCUT2D eigenvalue weighted by molar-refractivity contribution is 5.84. The summed E-state index contributed by atoms with van der Waals surface area (Å²) in [6.07, 6.45) is 1.35. The topological polar surface area (TPSA) is 49.4 Å². The number of carbonyl (C=O) groups excluding carboxylic acids is 2. The number of rotatable bonds is 6. The highest BCUT2D eigenvalue weighted by atomic mass is 16.2. The molecule has 0 rings (SSSR count). The lowest BCUT2D eigenvalue weighted by Gasteiger charge is -2.19. The van der Waals surface area contributed by atoms with Crippen molar-refractivity contribution in [1.29, 1.82) is 0 Å². The molecule has 0 radical (unpaired) electrons. The highest BCUT2D eigenvalue weighted by Crippen LogP contribution is 1.96. The molecule has 0 aliphatic heterocycles. The van der Waals surface area contributed by atoms with Gasteiger partial charge in [0, 0.05) is 19.5 Å². The molecule has 0 aromatic carbocycles. The van der Waals surface area contributed by atoms with Gasteiger partial charge in [0.2, 0.25) is 11.8 Å². The summed E-state index contributed by atoms with van der Waals surface area (Å²) in [6, 6.07) is 0. The molecule has 0 aromatic heterocycles. The van der Waals surface area contributed by atoms with Crippen LogP contribution in [0.4, 0.5) is 0 Å². The number of hydrogen-bond donors (Lipinski definition) is 1. The fraction of sp³-hybridized carbons (Fsp3) is 0.800. The van der Waals surface area contributed by atoms with Crippen molar-refractivity contribution in [3.05, 3.63) is 0 Å². The summed E-state index contributed by atoms with van der Waals surface area (Å²) in [5.41, 5.74) is 0. The molecule has 0 atom stereocenters. The predicted molar refractivity (Wildman–Crippen MR) is 55.8 cm³/mol. The van der Waals surface area contributed by atoms with E-state index in [0.717, 1.165) is 6.42 Å². The number of nitrogens with zero attached hydrogens (tertiary/aromatic N) is 1. The maximum absolute atomic E-state index is 11.5. The normalized spacial score (nSPS) is 9.64. The molecule has 0 fully saturated rings. The third-order valence-electron chi connectivity index (χ3n) is 1.91. The van der Waals surface area contributed by atoms with E-state index in [1.807, 2.05) is 20.8 Å². The number of hydrogen-bond acceptors (Lipinski definition) is 2. The Morgan fingerprint density at radius 3 is 2.29 bits per heavy atom. The first-order chi connectivity index (χ1) is 6.65. The van der Waals surface area contributed by atoms with Gasteiger partial charge in [0.1, 0.15) is 0 Å². The molecule has 0 aliphatic rings. The quantitative estimate of drug-likeness (QED) is 0.688. The van der Waals surface area contributed by atoms with E-state index in [2.05, 4.69) is 5.32 Å². The fourth-order valence-corrected chi connectivity index (χ4v) is 1.17. The van der Waals surface area contributed by atoms with Crippen LogP contribution in [0.15, 0.2) is 0 Å². The van der Waals surface area contributed by atoms with Gasteiger partial charge in [-0.25, -0.2) is 0 Å². The van der Waals surface area contributed by atoms with E-state index in [1.54, 1.807) is 4.90 Å². The van der Waals surface area contributed by atoms with Crippen LogP contribution >= 0.6 is 0 Å². The Morgan fingerprint density at radius 2 is 1.86 bits per heavy atom. The lowest BCUT2D eigenvalue weighted by molar-refractivity contribution is -0.135. The third-order valence-corrected chi connectivity index (χ3v) is 1.91. The van der Waals surface area contributed by atoms with Crippen LogP contribution < -0.4 is 5.32 Å². The first-order valence-corrected chi connectivity index (χ1v) is 5.20. The van der Waals surface area contributed by atoms with Crippen LogP contribution in [0.5, 0.6) is 0 Å². The Morgan fingerprint density at radius 1 is 1.21 bits per heavy atom. The number of amides is 2. The number of nitrogens with one attached hydrogen (secondary N) is 1. The molecule has 0 aromatic rings. The van der Waals surface area contributed by atoms with E-state index < -0.39 is 0 Å². The van der Waals surface area contributed by atoms with Crippen molar-refractivity contribution in [1.82, 2.24) is 10.2 Å². The van der Waals surface area contributed by atoms with Crippen molar-refractivity contribution in [2.24, 2.45) is 0 Å². The van der Waals surface area contributed by atoms with Crippen molar-refractivity contribution in [2.45, 2.75) is 33.6 Å². The highest BCUT2D eigenvalue weighted by Gasteiger charge is 2.13. The van der Waals surface area contributed by atoms with E-state index in [9.17, 15) is 9.59 Å². The van der Waals surface area contributed by atoms with Crippen molar-refractivity contribution < 1.29 is 9.59 Å². The van der Waals surface area contributed by atoms with Gasteiger partial charge in [0.25, 0.3) is 0 Å². The minimum absolute atomic E-state index is 0.0567. The summed E-state index contributed by atoms with van der Waals surface area (Å²) in [5, 5.41) is 2.67. The average Bonchev–Trinajstić information content (AvgIpc) is 2.15. The smallest absolute Gasteiger partial charge is 0.239 e. The molecule has 0 saturated heterocycles. The largest absolute Gasteiger partial charge is 0.355 e. The molecule has 0 bridgehead atoms. The monoisotopic (exact) mass is 200 g/mol. The van der Waals surface area contributed by atoms with Crippen molar-refractivity contribution in [2.75, 3.05) is 19.6 Å². The van der Waals surface area contributed by atoms with Gasteiger partial charge in [-0.15, -0.1) is 0 Å². The van der Waals surface area contributed by atoms with Gasteiger partial charge in [-0.2, -0.15) is 0 Å².